The first-order valence-corrected chi connectivity index (χ1v) is 7.71. The van der Waals surface area contributed by atoms with Gasteiger partial charge in [0.25, 0.3) is 0 Å². The van der Waals surface area contributed by atoms with Crippen LogP contribution in [0.4, 0.5) is 0 Å². The number of hydrogen-bond acceptors (Lipinski definition) is 4. The van der Waals surface area contributed by atoms with E-state index in [1.807, 2.05) is 16.8 Å². The molecule has 6 nitrogen and oxygen atoms in total. The van der Waals surface area contributed by atoms with Gasteiger partial charge in [-0.05, 0) is 31.5 Å². The molecule has 1 amide bonds. The Labute approximate surface area is 130 Å². The second-order valence-corrected chi connectivity index (χ2v) is 5.84. The Morgan fingerprint density at radius 3 is 3.18 bits per heavy atom. The van der Waals surface area contributed by atoms with Gasteiger partial charge < -0.3 is 14.6 Å². The molecule has 1 unspecified atom stereocenters. The van der Waals surface area contributed by atoms with Crippen molar-refractivity contribution >= 4 is 5.91 Å². The van der Waals surface area contributed by atoms with Gasteiger partial charge in [-0.3, -0.25) is 9.48 Å². The van der Waals surface area contributed by atoms with E-state index >= 15 is 0 Å². The number of nitrogens with zero attached hydrogens (tertiary/aromatic N) is 3. The first-order chi connectivity index (χ1) is 10.7. The molecule has 0 saturated carbocycles. The molecular formula is C16H22N4O2. The molecule has 2 aromatic heterocycles. The lowest BCUT2D eigenvalue weighted by Gasteiger charge is -2.24. The highest BCUT2D eigenvalue weighted by Gasteiger charge is 2.20. The number of hydrogen-bond donors (Lipinski definition) is 1. The van der Waals surface area contributed by atoms with E-state index in [1.165, 1.54) is 6.42 Å². The van der Waals surface area contributed by atoms with Crippen LogP contribution < -0.4 is 5.32 Å². The highest BCUT2D eigenvalue weighted by molar-refractivity contribution is 5.75. The maximum absolute atomic E-state index is 12.4. The molecule has 0 aliphatic carbocycles. The maximum Gasteiger partial charge on any atom is 0.244 e. The third-order valence-corrected chi connectivity index (χ3v) is 4.18. The van der Waals surface area contributed by atoms with E-state index in [-0.39, 0.29) is 12.5 Å². The van der Waals surface area contributed by atoms with Gasteiger partial charge in [0, 0.05) is 43.5 Å². The molecule has 0 spiro atoms. The summed E-state index contributed by atoms with van der Waals surface area (Å²) in [5.41, 5.74) is 2.14. The van der Waals surface area contributed by atoms with Gasteiger partial charge in [0.2, 0.25) is 5.91 Å². The molecule has 1 aliphatic rings. The van der Waals surface area contributed by atoms with Crippen LogP contribution in [0.5, 0.6) is 0 Å². The molecule has 0 bridgehead atoms. The van der Waals surface area contributed by atoms with Crippen LogP contribution in [0.3, 0.4) is 0 Å². The first kappa shape index (κ1) is 14.8. The lowest BCUT2D eigenvalue weighted by Crippen LogP contribution is -2.33. The van der Waals surface area contributed by atoms with E-state index in [9.17, 15) is 4.79 Å². The zero-order valence-electron chi connectivity index (χ0n) is 12.9. The molecule has 22 heavy (non-hydrogen) atoms. The van der Waals surface area contributed by atoms with Crippen LogP contribution in [-0.4, -0.2) is 40.7 Å². The molecule has 1 N–H and O–H groups in total. The van der Waals surface area contributed by atoms with Gasteiger partial charge in [-0.1, -0.05) is 0 Å². The van der Waals surface area contributed by atoms with E-state index in [4.69, 9.17) is 4.42 Å². The fourth-order valence-corrected chi connectivity index (χ4v) is 2.92. The summed E-state index contributed by atoms with van der Waals surface area (Å²) in [6.07, 6.45) is 7.39. The highest BCUT2D eigenvalue weighted by Crippen LogP contribution is 2.22. The molecule has 118 valence electrons. The van der Waals surface area contributed by atoms with Gasteiger partial charge in [-0.25, -0.2) is 0 Å². The number of carbonyl (C=O) groups is 1. The van der Waals surface area contributed by atoms with E-state index in [0.29, 0.717) is 12.5 Å². The maximum atomic E-state index is 12.4. The summed E-state index contributed by atoms with van der Waals surface area (Å²) in [6, 6.07) is 3.90. The Hall–Kier alpha value is -2.08. The molecule has 0 aromatic carbocycles. The van der Waals surface area contributed by atoms with E-state index in [0.717, 1.165) is 30.8 Å². The topological polar surface area (TPSA) is 63.3 Å². The second kappa shape index (κ2) is 6.79. The molecule has 1 atom stereocenters. The standard InChI is InChI=1S/C16H22N4O2/c1-19(10-13-5-8-22-12-13)16(21)11-20-15(4-7-18-20)14-3-2-6-17-9-14/h4-5,7-8,12,14,17H,2-3,6,9-11H2,1H3. The third-order valence-electron chi connectivity index (χ3n) is 4.18. The fraction of sp³-hybridized carbons (Fsp3) is 0.500. The number of carbonyl (C=O) groups excluding carboxylic acids is 1. The van der Waals surface area contributed by atoms with Crippen molar-refractivity contribution in [1.29, 1.82) is 0 Å². The summed E-state index contributed by atoms with van der Waals surface area (Å²) in [7, 11) is 1.81. The van der Waals surface area contributed by atoms with Crippen LogP contribution in [0.25, 0.3) is 0 Å². The molecular weight excluding hydrogens is 280 g/mol. The van der Waals surface area contributed by atoms with Crippen molar-refractivity contribution in [2.24, 2.45) is 0 Å². The molecule has 1 aliphatic heterocycles. The van der Waals surface area contributed by atoms with E-state index in [1.54, 1.807) is 30.7 Å². The number of aromatic nitrogens is 2. The van der Waals surface area contributed by atoms with Crippen molar-refractivity contribution < 1.29 is 9.21 Å². The van der Waals surface area contributed by atoms with Gasteiger partial charge >= 0.3 is 0 Å². The third kappa shape index (κ3) is 3.39. The summed E-state index contributed by atoms with van der Waals surface area (Å²) in [6.45, 7) is 2.88. The number of rotatable bonds is 5. The van der Waals surface area contributed by atoms with Crippen LogP contribution in [0.2, 0.25) is 0 Å². The van der Waals surface area contributed by atoms with Crippen molar-refractivity contribution in [1.82, 2.24) is 20.0 Å². The predicted molar refractivity (Wildman–Crippen MR) is 82.3 cm³/mol. The molecule has 0 radical (unpaired) electrons. The Kier molecular flexibility index (Phi) is 4.58. The Morgan fingerprint density at radius 1 is 1.55 bits per heavy atom. The molecule has 6 heteroatoms. The van der Waals surface area contributed by atoms with Crippen LogP contribution in [0, 0.1) is 0 Å². The monoisotopic (exact) mass is 302 g/mol. The Morgan fingerprint density at radius 2 is 2.45 bits per heavy atom. The summed E-state index contributed by atoms with van der Waals surface area (Å²) >= 11 is 0. The SMILES string of the molecule is CN(Cc1ccoc1)C(=O)Cn1nccc1C1CCCNC1. The average Bonchev–Trinajstić information content (AvgIpc) is 3.19. The molecule has 3 rings (SSSR count). The van der Waals surface area contributed by atoms with Crippen molar-refractivity contribution in [3.63, 3.8) is 0 Å². The lowest BCUT2D eigenvalue weighted by molar-refractivity contribution is -0.131. The number of furan rings is 1. The normalized spacial score (nSPS) is 18.3. The van der Waals surface area contributed by atoms with Crippen LogP contribution in [-0.2, 0) is 17.9 Å². The van der Waals surface area contributed by atoms with Crippen molar-refractivity contribution in [3.05, 3.63) is 42.1 Å². The Balaban J connectivity index is 1.62. The van der Waals surface area contributed by atoms with Crippen LogP contribution >= 0.6 is 0 Å². The summed E-state index contributed by atoms with van der Waals surface area (Å²) in [5.74, 6) is 0.498. The zero-order valence-corrected chi connectivity index (χ0v) is 12.9. The number of nitrogens with one attached hydrogen (secondary N) is 1. The predicted octanol–water partition coefficient (Wildman–Crippen LogP) is 1.60. The molecule has 1 fully saturated rings. The quantitative estimate of drug-likeness (QED) is 0.911. The summed E-state index contributed by atoms with van der Waals surface area (Å²) in [5, 5.41) is 7.74. The van der Waals surface area contributed by atoms with Crippen molar-refractivity contribution in [2.45, 2.75) is 31.8 Å². The van der Waals surface area contributed by atoms with Crippen molar-refractivity contribution in [2.75, 3.05) is 20.1 Å². The molecule has 3 heterocycles. The lowest BCUT2D eigenvalue weighted by atomic mass is 9.96. The van der Waals surface area contributed by atoms with E-state index in [2.05, 4.69) is 10.4 Å². The van der Waals surface area contributed by atoms with Crippen LogP contribution in [0.15, 0.2) is 35.3 Å². The first-order valence-electron chi connectivity index (χ1n) is 7.71. The largest absolute Gasteiger partial charge is 0.472 e. The number of amides is 1. The molecule has 2 aromatic rings. The van der Waals surface area contributed by atoms with Crippen molar-refractivity contribution in [3.8, 4) is 0 Å². The van der Waals surface area contributed by atoms with Gasteiger partial charge in [0.05, 0.1) is 12.5 Å². The smallest absolute Gasteiger partial charge is 0.244 e. The Bertz CT molecular complexity index is 599. The average molecular weight is 302 g/mol. The van der Waals surface area contributed by atoms with Crippen LogP contribution in [0.1, 0.15) is 30.0 Å². The highest BCUT2D eigenvalue weighted by atomic mass is 16.3. The van der Waals surface area contributed by atoms with E-state index < -0.39 is 0 Å². The minimum absolute atomic E-state index is 0.0509. The number of likely N-dealkylation sites (N-methyl/N-ethyl adjacent to an activating group) is 1. The molecule has 1 saturated heterocycles. The minimum Gasteiger partial charge on any atom is -0.472 e. The summed E-state index contributed by atoms with van der Waals surface area (Å²) < 4.78 is 6.88. The number of piperidine rings is 1. The van der Waals surface area contributed by atoms with Gasteiger partial charge in [0.1, 0.15) is 6.54 Å². The zero-order chi connectivity index (χ0) is 15.4. The van der Waals surface area contributed by atoms with Gasteiger partial charge in [-0.15, -0.1) is 0 Å². The second-order valence-electron chi connectivity index (χ2n) is 5.84. The fourth-order valence-electron chi connectivity index (χ4n) is 2.92. The minimum atomic E-state index is 0.0509. The van der Waals surface area contributed by atoms with Gasteiger partial charge in [0.15, 0.2) is 0 Å². The summed E-state index contributed by atoms with van der Waals surface area (Å²) in [4.78, 5) is 14.1. The van der Waals surface area contributed by atoms with Gasteiger partial charge in [-0.2, -0.15) is 5.10 Å².